The van der Waals surface area contributed by atoms with Gasteiger partial charge in [0.25, 0.3) is 0 Å². The van der Waals surface area contributed by atoms with E-state index in [1.165, 1.54) is 12.5 Å². The van der Waals surface area contributed by atoms with E-state index >= 15 is 0 Å². The first-order chi connectivity index (χ1) is 8.71. The lowest BCUT2D eigenvalue weighted by atomic mass is 9.95. The highest BCUT2D eigenvalue weighted by atomic mass is 16.5. The van der Waals surface area contributed by atoms with Crippen LogP contribution < -0.4 is 0 Å². The first-order valence-corrected chi connectivity index (χ1v) is 6.09. The first-order valence-electron chi connectivity index (χ1n) is 6.09. The van der Waals surface area contributed by atoms with Crippen LogP contribution in [-0.4, -0.2) is 15.9 Å². The van der Waals surface area contributed by atoms with E-state index in [0.717, 1.165) is 12.8 Å². The largest absolute Gasteiger partial charge is 0.339 e. The van der Waals surface area contributed by atoms with Gasteiger partial charge in [-0.05, 0) is 25.3 Å². The average Bonchev–Trinajstić information content (AvgIpc) is 3.05. The molecule has 1 saturated carbocycles. The molecule has 0 N–H and O–H groups in total. The van der Waals surface area contributed by atoms with Crippen LogP contribution in [0.15, 0.2) is 34.9 Å². The van der Waals surface area contributed by atoms with Gasteiger partial charge in [0.15, 0.2) is 5.82 Å². The normalized spacial score (nSPS) is 16.5. The molecule has 0 radical (unpaired) electrons. The summed E-state index contributed by atoms with van der Waals surface area (Å²) >= 11 is 0. The van der Waals surface area contributed by atoms with Crippen molar-refractivity contribution in [2.75, 3.05) is 0 Å². The number of hydrogen-bond donors (Lipinski definition) is 0. The maximum absolute atomic E-state index is 11.0. The monoisotopic (exact) mass is 242 g/mol. The van der Waals surface area contributed by atoms with Crippen molar-refractivity contribution in [1.82, 2.24) is 10.1 Å². The van der Waals surface area contributed by atoms with Gasteiger partial charge in [0.1, 0.15) is 5.78 Å². The molecule has 3 rings (SSSR count). The minimum absolute atomic E-state index is 0.0368. The van der Waals surface area contributed by atoms with Crippen LogP contribution >= 0.6 is 0 Å². The highest BCUT2D eigenvalue weighted by molar-refractivity contribution is 5.77. The molecule has 1 aromatic carbocycles. The molecular formula is C14H14N2O2. The molecule has 0 aliphatic heterocycles. The smallest absolute Gasteiger partial charge is 0.234 e. The maximum Gasteiger partial charge on any atom is 0.234 e. The average molecular weight is 242 g/mol. The minimum atomic E-state index is -0.0835. The minimum Gasteiger partial charge on any atom is -0.339 e. The van der Waals surface area contributed by atoms with Crippen LogP contribution in [0, 0.1) is 0 Å². The van der Waals surface area contributed by atoms with Gasteiger partial charge in [0, 0.05) is 0 Å². The summed E-state index contributed by atoms with van der Waals surface area (Å²) in [6, 6.07) is 10.2. The highest BCUT2D eigenvalue weighted by Gasteiger charge is 2.49. The number of ketones is 1. The molecule has 1 aromatic heterocycles. The molecule has 92 valence electrons. The molecule has 0 spiro atoms. The van der Waals surface area contributed by atoms with E-state index in [1.807, 2.05) is 18.2 Å². The topological polar surface area (TPSA) is 56.0 Å². The fraction of sp³-hybridized carbons (Fsp3) is 0.357. The number of carbonyl (C=O) groups is 1. The number of rotatable bonds is 4. The summed E-state index contributed by atoms with van der Waals surface area (Å²) in [4.78, 5) is 15.4. The van der Waals surface area contributed by atoms with E-state index in [4.69, 9.17) is 4.52 Å². The SMILES string of the molecule is CC(=O)Cc1nc(C2(c3ccccc3)CC2)no1. The molecule has 1 fully saturated rings. The molecule has 4 nitrogen and oxygen atoms in total. The molecule has 1 aliphatic rings. The van der Waals surface area contributed by atoms with E-state index < -0.39 is 0 Å². The quantitative estimate of drug-likeness (QED) is 0.825. The standard InChI is InChI=1S/C14H14N2O2/c1-10(17)9-12-15-13(16-18-12)14(7-8-14)11-5-3-2-4-6-11/h2-6H,7-9H2,1H3. The van der Waals surface area contributed by atoms with Crippen LogP contribution in [0.2, 0.25) is 0 Å². The molecule has 18 heavy (non-hydrogen) atoms. The van der Waals surface area contributed by atoms with E-state index in [9.17, 15) is 4.79 Å². The van der Waals surface area contributed by atoms with E-state index in [0.29, 0.717) is 11.7 Å². The predicted molar refractivity (Wildman–Crippen MR) is 65.1 cm³/mol. The Labute approximate surface area is 105 Å². The second-order valence-corrected chi connectivity index (χ2v) is 4.84. The zero-order valence-corrected chi connectivity index (χ0v) is 10.2. The molecule has 0 saturated heterocycles. The summed E-state index contributed by atoms with van der Waals surface area (Å²) in [6.45, 7) is 1.52. The molecule has 2 aromatic rings. The highest BCUT2D eigenvalue weighted by Crippen LogP contribution is 2.52. The van der Waals surface area contributed by atoms with Crippen LogP contribution in [0.5, 0.6) is 0 Å². The van der Waals surface area contributed by atoms with Crippen LogP contribution in [0.1, 0.15) is 37.0 Å². The van der Waals surface area contributed by atoms with Gasteiger partial charge < -0.3 is 4.52 Å². The Morgan fingerprint density at radius 1 is 1.33 bits per heavy atom. The molecule has 0 unspecified atom stereocenters. The van der Waals surface area contributed by atoms with Crippen LogP contribution in [-0.2, 0) is 16.6 Å². The summed E-state index contributed by atoms with van der Waals surface area (Å²) < 4.78 is 5.14. The Balaban J connectivity index is 1.91. The molecule has 1 aliphatic carbocycles. The second-order valence-electron chi connectivity index (χ2n) is 4.84. The van der Waals surface area contributed by atoms with Gasteiger partial charge in [0.2, 0.25) is 5.89 Å². The maximum atomic E-state index is 11.0. The zero-order chi connectivity index (χ0) is 12.6. The third kappa shape index (κ3) is 1.83. The van der Waals surface area contributed by atoms with Crippen molar-refractivity contribution in [3.05, 3.63) is 47.6 Å². The van der Waals surface area contributed by atoms with Gasteiger partial charge >= 0.3 is 0 Å². The Morgan fingerprint density at radius 2 is 2.06 bits per heavy atom. The third-order valence-corrected chi connectivity index (χ3v) is 3.37. The summed E-state index contributed by atoms with van der Waals surface area (Å²) in [7, 11) is 0. The van der Waals surface area contributed by atoms with Crippen LogP contribution in [0.25, 0.3) is 0 Å². The van der Waals surface area contributed by atoms with Crippen LogP contribution in [0.3, 0.4) is 0 Å². The van der Waals surface area contributed by atoms with Gasteiger partial charge in [-0.1, -0.05) is 35.5 Å². The fourth-order valence-corrected chi connectivity index (χ4v) is 2.26. The lowest BCUT2D eigenvalue weighted by Crippen LogP contribution is -2.11. The summed E-state index contributed by atoms with van der Waals surface area (Å²) in [5.74, 6) is 1.17. The van der Waals surface area contributed by atoms with Gasteiger partial charge in [-0.15, -0.1) is 0 Å². The molecular weight excluding hydrogens is 228 g/mol. The number of benzene rings is 1. The van der Waals surface area contributed by atoms with E-state index in [1.54, 1.807) is 0 Å². The second kappa shape index (κ2) is 4.05. The summed E-state index contributed by atoms with van der Waals surface area (Å²) in [6.07, 6.45) is 2.30. The van der Waals surface area contributed by atoms with Gasteiger partial charge in [-0.25, -0.2) is 0 Å². The van der Waals surface area contributed by atoms with Gasteiger partial charge in [-0.3, -0.25) is 4.79 Å². The Hall–Kier alpha value is -1.97. The Bertz CT molecular complexity index is 570. The fourth-order valence-electron chi connectivity index (χ4n) is 2.26. The molecule has 1 heterocycles. The Morgan fingerprint density at radius 3 is 2.67 bits per heavy atom. The number of hydrogen-bond acceptors (Lipinski definition) is 4. The first kappa shape index (κ1) is 11.1. The number of carbonyl (C=O) groups excluding carboxylic acids is 1. The third-order valence-electron chi connectivity index (χ3n) is 3.37. The number of nitrogens with zero attached hydrogens (tertiary/aromatic N) is 2. The van der Waals surface area contributed by atoms with E-state index in [-0.39, 0.29) is 17.6 Å². The van der Waals surface area contributed by atoms with E-state index in [2.05, 4.69) is 22.3 Å². The number of Topliss-reactive ketones (excluding diaryl/α,β-unsaturated/α-hetero) is 1. The van der Waals surface area contributed by atoms with Crippen molar-refractivity contribution < 1.29 is 9.32 Å². The van der Waals surface area contributed by atoms with Gasteiger partial charge in [-0.2, -0.15) is 4.98 Å². The Kier molecular flexibility index (Phi) is 2.51. The molecule has 0 amide bonds. The van der Waals surface area contributed by atoms with Crippen molar-refractivity contribution in [2.45, 2.75) is 31.6 Å². The lowest BCUT2D eigenvalue weighted by molar-refractivity contribution is -0.116. The van der Waals surface area contributed by atoms with Crippen molar-refractivity contribution in [2.24, 2.45) is 0 Å². The van der Waals surface area contributed by atoms with Crippen molar-refractivity contribution >= 4 is 5.78 Å². The van der Waals surface area contributed by atoms with Crippen molar-refractivity contribution in [1.29, 1.82) is 0 Å². The van der Waals surface area contributed by atoms with Crippen molar-refractivity contribution in [3.8, 4) is 0 Å². The predicted octanol–water partition coefficient (Wildman–Crippen LogP) is 2.28. The lowest BCUT2D eigenvalue weighted by Gasteiger charge is -2.09. The zero-order valence-electron chi connectivity index (χ0n) is 10.2. The molecule has 0 atom stereocenters. The number of aromatic nitrogens is 2. The molecule has 4 heteroatoms. The summed E-state index contributed by atoms with van der Waals surface area (Å²) in [5.41, 5.74) is 1.14. The summed E-state index contributed by atoms with van der Waals surface area (Å²) in [5, 5.41) is 4.04. The molecule has 0 bridgehead atoms. The van der Waals surface area contributed by atoms with Crippen molar-refractivity contribution in [3.63, 3.8) is 0 Å². The van der Waals surface area contributed by atoms with Gasteiger partial charge in [0.05, 0.1) is 11.8 Å². The van der Waals surface area contributed by atoms with Crippen LogP contribution in [0.4, 0.5) is 0 Å².